The van der Waals surface area contributed by atoms with Crippen LogP contribution >= 0.6 is 0 Å². The Morgan fingerprint density at radius 3 is 2.86 bits per heavy atom. The molecule has 1 saturated heterocycles. The fourth-order valence-corrected chi connectivity index (χ4v) is 2.14. The Hall–Kier alpha value is -0.570. The van der Waals surface area contributed by atoms with Crippen LogP contribution in [0.25, 0.3) is 0 Å². The molecule has 3 heteroatoms. The van der Waals surface area contributed by atoms with Crippen molar-refractivity contribution in [2.75, 3.05) is 20.1 Å². The van der Waals surface area contributed by atoms with Crippen molar-refractivity contribution in [3.8, 4) is 0 Å². The first-order chi connectivity index (χ1) is 6.79. The van der Waals surface area contributed by atoms with Gasteiger partial charge in [0.2, 0.25) is 5.91 Å². The average Bonchev–Trinajstić information content (AvgIpc) is 3.02. The topological polar surface area (TPSA) is 32.3 Å². The zero-order chi connectivity index (χ0) is 9.97. The van der Waals surface area contributed by atoms with Crippen molar-refractivity contribution in [2.24, 2.45) is 5.92 Å². The molecule has 0 radical (unpaired) electrons. The van der Waals surface area contributed by atoms with Crippen LogP contribution in [-0.4, -0.2) is 37.0 Å². The van der Waals surface area contributed by atoms with E-state index in [1.54, 1.807) is 0 Å². The Morgan fingerprint density at radius 2 is 2.21 bits per heavy atom. The zero-order valence-corrected chi connectivity index (χ0v) is 8.96. The second kappa shape index (κ2) is 4.30. The van der Waals surface area contributed by atoms with Gasteiger partial charge in [0.1, 0.15) is 0 Å². The fourth-order valence-electron chi connectivity index (χ4n) is 2.14. The second-order valence-corrected chi connectivity index (χ2v) is 4.62. The van der Waals surface area contributed by atoms with E-state index in [0.717, 1.165) is 31.8 Å². The number of carbonyl (C=O) groups excluding carboxylic acids is 1. The third kappa shape index (κ3) is 2.47. The van der Waals surface area contributed by atoms with Crippen molar-refractivity contribution in [1.82, 2.24) is 10.2 Å². The van der Waals surface area contributed by atoms with Crippen molar-refractivity contribution in [3.63, 3.8) is 0 Å². The van der Waals surface area contributed by atoms with E-state index < -0.39 is 0 Å². The molecule has 1 amide bonds. The van der Waals surface area contributed by atoms with E-state index in [4.69, 9.17) is 0 Å². The monoisotopic (exact) mass is 196 g/mol. The number of piperidine rings is 1. The van der Waals surface area contributed by atoms with Crippen LogP contribution in [-0.2, 0) is 4.79 Å². The number of likely N-dealkylation sites (tertiary alicyclic amines) is 1. The molecule has 2 rings (SSSR count). The van der Waals surface area contributed by atoms with Crippen LogP contribution in [0.4, 0.5) is 0 Å². The Morgan fingerprint density at radius 1 is 1.43 bits per heavy atom. The molecule has 0 aromatic carbocycles. The molecule has 2 aliphatic rings. The average molecular weight is 196 g/mol. The molecule has 80 valence electrons. The molecule has 1 aliphatic heterocycles. The van der Waals surface area contributed by atoms with Gasteiger partial charge < -0.3 is 10.2 Å². The molecular weight excluding hydrogens is 176 g/mol. The first-order valence-electron chi connectivity index (χ1n) is 5.74. The van der Waals surface area contributed by atoms with Crippen molar-refractivity contribution in [1.29, 1.82) is 0 Å². The van der Waals surface area contributed by atoms with E-state index in [1.807, 2.05) is 11.9 Å². The molecule has 1 aliphatic carbocycles. The molecule has 14 heavy (non-hydrogen) atoms. The van der Waals surface area contributed by atoms with Gasteiger partial charge in [0.25, 0.3) is 0 Å². The summed E-state index contributed by atoms with van der Waals surface area (Å²) in [5.41, 5.74) is 0. The van der Waals surface area contributed by atoms with Gasteiger partial charge >= 0.3 is 0 Å². The van der Waals surface area contributed by atoms with Gasteiger partial charge in [-0.3, -0.25) is 4.79 Å². The van der Waals surface area contributed by atoms with E-state index in [9.17, 15) is 4.79 Å². The second-order valence-electron chi connectivity index (χ2n) is 4.62. The van der Waals surface area contributed by atoms with E-state index >= 15 is 0 Å². The number of hydrogen-bond acceptors (Lipinski definition) is 2. The summed E-state index contributed by atoms with van der Waals surface area (Å²) in [5, 5.41) is 3.26. The van der Waals surface area contributed by atoms with Gasteiger partial charge in [0, 0.05) is 25.6 Å². The minimum absolute atomic E-state index is 0.382. The molecule has 2 fully saturated rings. The Labute approximate surface area is 85.8 Å². The Bertz CT molecular complexity index is 213. The predicted molar refractivity (Wildman–Crippen MR) is 56.0 cm³/mol. The number of nitrogens with zero attached hydrogens (tertiary/aromatic N) is 1. The largest absolute Gasteiger partial charge is 0.341 e. The fraction of sp³-hybridized carbons (Fsp3) is 0.909. The van der Waals surface area contributed by atoms with Gasteiger partial charge in [0.05, 0.1) is 0 Å². The molecule has 0 aromatic heterocycles. The molecule has 1 unspecified atom stereocenters. The highest BCUT2D eigenvalue weighted by atomic mass is 16.2. The van der Waals surface area contributed by atoms with E-state index in [2.05, 4.69) is 5.32 Å². The molecule has 1 heterocycles. The standard InChI is InChI=1S/C11H20N2O/c1-12-10-3-2-6-13(8-10)11(14)7-9-4-5-9/h9-10,12H,2-8H2,1H3. The molecule has 0 bridgehead atoms. The zero-order valence-electron chi connectivity index (χ0n) is 8.96. The quantitative estimate of drug-likeness (QED) is 0.730. The Kier molecular flexibility index (Phi) is 3.06. The third-order valence-corrected chi connectivity index (χ3v) is 3.34. The normalized spacial score (nSPS) is 27.8. The first kappa shape index (κ1) is 9.97. The van der Waals surface area contributed by atoms with E-state index in [1.165, 1.54) is 19.3 Å². The summed E-state index contributed by atoms with van der Waals surface area (Å²) in [6, 6.07) is 0.520. The van der Waals surface area contributed by atoms with Gasteiger partial charge in [-0.25, -0.2) is 0 Å². The van der Waals surface area contributed by atoms with Crippen LogP contribution in [0, 0.1) is 5.92 Å². The Balaban J connectivity index is 1.79. The number of nitrogens with one attached hydrogen (secondary N) is 1. The SMILES string of the molecule is CNC1CCCN(C(=O)CC2CC2)C1. The molecule has 1 atom stereocenters. The van der Waals surface area contributed by atoms with Crippen LogP contribution in [0.1, 0.15) is 32.1 Å². The lowest BCUT2D eigenvalue weighted by Gasteiger charge is -2.32. The van der Waals surface area contributed by atoms with Gasteiger partial charge in [-0.15, -0.1) is 0 Å². The summed E-state index contributed by atoms with van der Waals surface area (Å²) >= 11 is 0. The predicted octanol–water partition coefficient (Wildman–Crippen LogP) is 0.997. The highest BCUT2D eigenvalue weighted by Crippen LogP contribution is 2.33. The van der Waals surface area contributed by atoms with Gasteiger partial charge in [-0.1, -0.05) is 0 Å². The highest BCUT2D eigenvalue weighted by molar-refractivity contribution is 5.76. The van der Waals surface area contributed by atoms with E-state index in [-0.39, 0.29) is 0 Å². The maximum absolute atomic E-state index is 11.8. The van der Waals surface area contributed by atoms with Crippen molar-refractivity contribution in [3.05, 3.63) is 0 Å². The van der Waals surface area contributed by atoms with Crippen LogP contribution in [0.15, 0.2) is 0 Å². The number of amides is 1. The van der Waals surface area contributed by atoms with Crippen molar-refractivity contribution >= 4 is 5.91 Å². The van der Waals surface area contributed by atoms with Crippen LogP contribution < -0.4 is 5.32 Å². The summed E-state index contributed by atoms with van der Waals surface area (Å²) in [6.07, 6.45) is 5.71. The molecule has 1 saturated carbocycles. The van der Waals surface area contributed by atoms with Crippen LogP contribution in [0.5, 0.6) is 0 Å². The van der Waals surface area contributed by atoms with E-state index in [0.29, 0.717) is 11.9 Å². The lowest BCUT2D eigenvalue weighted by molar-refractivity contribution is -0.132. The lowest BCUT2D eigenvalue weighted by Crippen LogP contribution is -2.47. The first-order valence-corrected chi connectivity index (χ1v) is 5.74. The van der Waals surface area contributed by atoms with Crippen LogP contribution in [0.3, 0.4) is 0 Å². The van der Waals surface area contributed by atoms with Gasteiger partial charge in [-0.2, -0.15) is 0 Å². The molecular formula is C11H20N2O. The van der Waals surface area contributed by atoms with Crippen molar-refractivity contribution in [2.45, 2.75) is 38.1 Å². The highest BCUT2D eigenvalue weighted by Gasteiger charge is 2.29. The summed E-state index contributed by atoms with van der Waals surface area (Å²) in [5.74, 6) is 1.10. The molecule has 0 aromatic rings. The van der Waals surface area contributed by atoms with Gasteiger partial charge in [-0.05, 0) is 38.6 Å². The third-order valence-electron chi connectivity index (χ3n) is 3.34. The van der Waals surface area contributed by atoms with Gasteiger partial charge in [0.15, 0.2) is 0 Å². The summed E-state index contributed by atoms with van der Waals surface area (Å²) in [4.78, 5) is 13.9. The lowest BCUT2D eigenvalue weighted by atomic mass is 10.1. The summed E-state index contributed by atoms with van der Waals surface area (Å²) < 4.78 is 0. The summed E-state index contributed by atoms with van der Waals surface area (Å²) in [7, 11) is 1.99. The number of likely N-dealkylation sites (N-methyl/N-ethyl adjacent to an activating group) is 1. The minimum atomic E-state index is 0.382. The number of hydrogen-bond donors (Lipinski definition) is 1. The smallest absolute Gasteiger partial charge is 0.222 e. The minimum Gasteiger partial charge on any atom is -0.341 e. The summed E-state index contributed by atoms with van der Waals surface area (Å²) in [6.45, 7) is 1.89. The molecule has 0 spiro atoms. The maximum atomic E-state index is 11.8. The van der Waals surface area contributed by atoms with Crippen LogP contribution in [0.2, 0.25) is 0 Å². The van der Waals surface area contributed by atoms with Crippen molar-refractivity contribution < 1.29 is 4.79 Å². The number of carbonyl (C=O) groups is 1. The molecule has 3 nitrogen and oxygen atoms in total. The maximum Gasteiger partial charge on any atom is 0.222 e. The molecule has 1 N–H and O–H groups in total. The number of rotatable bonds is 3.